The van der Waals surface area contributed by atoms with Crippen LogP contribution in [0.5, 0.6) is 0 Å². The van der Waals surface area contributed by atoms with Crippen LogP contribution < -0.4 is 5.73 Å². The predicted molar refractivity (Wildman–Crippen MR) is 56.2 cm³/mol. The second-order valence-corrected chi connectivity index (χ2v) is 4.10. The fourth-order valence-corrected chi connectivity index (χ4v) is 1.93. The molecular weight excluding hydrogens is 192 g/mol. The second-order valence-electron chi connectivity index (χ2n) is 4.10. The molecule has 2 N–H and O–H groups in total. The number of nitrogens with zero attached hydrogens (tertiary/aromatic N) is 3. The molecule has 0 aromatic carbocycles. The Morgan fingerprint density at radius 3 is 3.13 bits per heavy atom. The molecule has 0 saturated carbocycles. The zero-order chi connectivity index (χ0) is 10.7. The first-order valence-corrected chi connectivity index (χ1v) is 5.57. The van der Waals surface area contributed by atoms with E-state index in [-0.39, 0.29) is 0 Å². The van der Waals surface area contributed by atoms with Gasteiger partial charge in [-0.25, -0.2) is 0 Å². The maximum absolute atomic E-state index is 5.90. The van der Waals surface area contributed by atoms with E-state index in [1.807, 2.05) is 6.92 Å². The summed E-state index contributed by atoms with van der Waals surface area (Å²) in [6, 6.07) is 0.302. The van der Waals surface area contributed by atoms with Crippen LogP contribution >= 0.6 is 0 Å². The number of likely N-dealkylation sites (tertiary alicyclic amines) is 1. The lowest BCUT2D eigenvalue weighted by molar-refractivity contribution is 0.195. The van der Waals surface area contributed by atoms with Gasteiger partial charge in [-0.2, -0.15) is 4.98 Å². The van der Waals surface area contributed by atoms with Gasteiger partial charge in [-0.05, 0) is 19.4 Å². The Kier molecular flexibility index (Phi) is 3.33. The van der Waals surface area contributed by atoms with Crippen LogP contribution in [0.4, 0.5) is 0 Å². The van der Waals surface area contributed by atoms with Gasteiger partial charge in [0.25, 0.3) is 0 Å². The van der Waals surface area contributed by atoms with E-state index in [0.717, 1.165) is 38.3 Å². The molecular formula is C10H18N4O. The monoisotopic (exact) mass is 210 g/mol. The molecule has 0 radical (unpaired) electrons. The van der Waals surface area contributed by atoms with Crippen molar-refractivity contribution in [3.05, 3.63) is 11.7 Å². The summed E-state index contributed by atoms with van der Waals surface area (Å²) in [5.41, 5.74) is 5.90. The van der Waals surface area contributed by atoms with Gasteiger partial charge in [0.1, 0.15) is 0 Å². The average Bonchev–Trinajstić information content (AvgIpc) is 2.65. The second kappa shape index (κ2) is 4.72. The van der Waals surface area contributed by atoms with Gasteiger partial charge in [0.05, 0.1) is 6.54 Å². The molecule has 1 unspecified atom stereocenters. The highest BCUT2D eigenvalue weighted by molar-refractivity contribution is 4.87. The molecule has 1 aromatic heterocycles. The van der Waals surface area contributed by atoms with Crippen LogP contribution in [0, 0.1) is 0 Å². The molecule has 0 aliphatic carbocycles. The fourth-order valence-electron chi connectivity index (χ4n) is 1.93. The molecule has 0 spiro atoms. The van der Waals surface area contributed by atoms with Gasteiger partial charge in [0, 0.05) is 19.0 Å². The molecule has 0 bridgehead atoms. The standard InChI is InChI=1S/C10H18N4O/c1-2-10-12-9(13-15-10)7-14-5-3-4-8(11)6-14/h8H,2-7,11H2,1H3. The van der Waals surface area contributed by atoms with E-state index in [1.165, 1.54) is 6.42 Å². The van der Waals surface area contributed by atoms with Crippen molar-refractivity contribution in [3.63, 3.8) is 0 Å². The minimum Gasteiger partial charge on any atom is -0.339 e. The van der Waals surface area contributed by atoms with Crippen LogP contribution in [0.2, 0.25) is 0 Å². The largest absolute Gasteiger partial charge is 0.339 e. The molecule has 1 aromatic rings. The smallest absolute Gasteiger partial charge is 0.226 e. The summed E-state index contributed by atoms with van der Waals surface area (Å²) >= 11 is 0. The molecule has 5 nitrogen and oxygen atoms in total. The summed E-state index contributed by atoms with van der Waals surface area (Å²) in [7, 11) is 0. The molecule has 2 rings (SSSR count). The van der Waals surface area contributed by atoms with Crippen LogP contribution in [-0.4, -0.2) is 34.2 Å². The Hall–Kier alpha value is -0.940. The lowest BCUT2D eigenvalue weighted by atomic mass is 10.1. The normalized spacial score (nSPS) is 23.2. The first-order valence-electron chi connectivity index (χ1n) is 5.57. The number of hydrogen-bond acceptors (Lipinski definition) is 5. The lowest BCUT2D eigenvalue weighted by Crippen LogP contribution is -2.42. The predicted octanol–water partition coefficient (Wildman–Crippen LogP) is 0.555. The molecule has 1 atom stereocenters. The van der Waals surface area contributed by atoms with E-state index in [0.29, 0.717) is 11.9 Å². The van der Waals surface area contributed by atoms with E-state index in [2.05, 4.69) is 15.0 Å². The van der Waals surface area contributed by atoms with Gasteiger partial charge in [0.2, 0.25) is 5.89 Å². The van der Waals surface area contributed by atoms with Crippen molar-refractivity contribution in [2.45, 2.75) is 38.8 Å². The summed E-state index contributed by atoms with van der Waals surface area (Å²) in [6.07, 6.45) is 3.09. The SMILES string of the molecule is CCc1nc(CN2CCCC(N)C2)no1. The van der Waals surface area contributed by atoms with Gasteiger partial charge in [-0.3, -0.25) is 4.90 Å². The number of aryl methyl sites for hydroxylation is 1. The first kappa shape index (κ1) is 10.6. The molecule has 1 fully saturated rings. The van der Waals surface area contributed by atoms with E-state index < -0.39 is 0 Å². The van der Waals surface area contributed by atoms with Gasteiger partial charge in [0.15, 0.2) is 5.82 Å². The summed E-state index contributed by atoms with van der Waals surface area (Å²) in [5, 5.41) is 3.94. The molecule has 5 heteroatoms. The number of nitrogens with two attached hydrogens (primary N) is 1. The third kappa shape index (κ3) is 2.76. The van der Waals surface area contributed by atoms with Crippen molar-refractivity contribution in [3.8, 4) is 0 Å². The Labute approximate surface area is 89.6 Å². The molecule has 15 heavy (non-hydrogen) atoms. The zero-order valence-corrected chi connectivity index (χ0v) is 9.15. The summed E-state index contributed by atoms with van der Waals surface area (Å²) in [5.74, 6) is 1.49. The molecule has 0 amide bonds. The van der Waals surface area contributed by atoms with E-state index >= 15 is 0 Å². The highest BCUT2D eigenvalue weighted by Crippen LogP contribution is 2.11. The molecule has 84 valence electrons. The third-order valence-corrected chi connectivity index (χ3v) is 2.72. The van der Waals surface area contributed by atoms with Crippen molar-refractivity contribution in [1.29, 1.82) is 0 Å². The zero-order valence-electron chi connectivity index (χ0n) is 9.15. The first-order chi connectivity index (χ1) is 7.28. The van der Waals surface area contributed by atoms with Crippen LogP contribution in [0.15, 0.2) is 4.52 Å². The van der Waals surface area contributed by atoms with Crippen LogP contribution in [0.1, 0.15) is 31.5 Å². The maximum atomic E-state index is 5.90. The van der Waals surface area contributed by atoms with E-state index in [1.54, 1.807) is 0 Å². The number of aromatic nitrogens is 2. The van der Waals surface area contributed by atoms with Crippen molar-refractivity contribution in [2.75, 3.05) is 13.1 Å². The van der Waals surface area contributed by atoms with Gasteiger partial charge in [-0.15, -0.1) is 0 Å². The number of hydrogen-bond donors (Lipinski definition) is 1. The minimum atomic E-state index is 0.302. The Balaban J connectivity index is 1.90. The fraction of sp³-hybridized carbons (Fsp3) is 0.800. The topological polar surface area (TPSA) is 68.2 Å². The molecule has 2 heterocycles. The van der Waals surface area contributed by atoms with Crippen molar-refractivity contribution >= 4 is 0 Å². The molecule has 1 saturated heterocycles. The third-order valence-electron chi connectivity index (χ3n) is 2.72. The molecule has 1 aliphatic rings. The summed E-state index contributed by atoms with van der Waals surface area (Å²) < 4.78 is 5.06. The highest BCUT2D eigenvalue weighted by atomic mass is 16.5. The van der Waals surface area contributed by atoms with Gasteiger partial charge < -0.3 is 10.3 Å². The van der Waals surface area contributed by atoms with Crippen LogP contribution in [0.25, 0.3) is 0 Å². The quantitative estimate of drug-likeness (QED) is 0.789. The van der Waals surface area contributed by atoms with Crippen molar-refractivity contribution in [1.82, 2.24) is 15.0 Å². The maximum Gasteiger partial charge on any atom is 0.226 e. The van der Waals surface area contributed by atoms with Crippen LogP contribution in [0.3, 0.4) is 0 Å². The van der Waals surface area contributed by atoms with E-state index in [9.17, 15) is 0 Å². The van der Waals surface area contributed by atoms with Gasteiger partial charge >= 0.3 is 0 Å². The number of rotatable bonds is 3. The van der Waals surface area contributed by atoms with Crippen LogP contribution in [-0.2, 0) is 13.0 Å². The highest BCUT2D eigenvalue weighted by Gasteiger charge is 2.18. The minimum absolute atomic E-state index is 0.302. The van der Waals surface area contributed by atoms with Crippen molar-refractivity contribution < 1.29 is 4.52 Å². The van der Waals surface area contributed by atoms with Gasteiger partial charge in [-0.1, -0.05) is 12.1 Å². The Morgan fingerprint density at radius 1 is 1.60 bits per heavy atom. The number of piperidine rings is 1. The summed E-state index contributed by atoms with van der Waals surface area (Å²) in [6.45, 7) is 4.80. The lowest BCUT2D eigenvalue weighted by Gasteiger charge is -2.29. The molecule has 1 aliphatic heterocycles. The average molecular weight is 210 g/mol. The van der Waals surface area contributed by atoms with E-state index in [4.69, 9.17) is 10.3 Å². The van der Waals surface area contributed by atoms with Crippen molar-refractivity contribution in [2.24, 2.45) is 5.73 Å². The Bertz CT molecular complexity index is 312. The Morgan fingerprint density at radius 2 is 2.47 bits per heavy atom. The summed E-state index contributed by atoms with van der Waals surface area (Å²) in [4.78, 5) is 6.58.